The van der Waals surface area contributed by atoms with Crippen LogP contribution >= 0.6 is 0 Å². The molecule has 2 heterocycles. The number of halogens is 2. The van der Waals surface area contributed by atoms with E-state index in [1.165, 1.54) is 6.07 Å². The molecular weight excluding hydrogens is 250 g/mol. The van der Waals surface area contributed by atoms with Crippen molar-refractivity contribution in [3.8, 4) is 0 Å². The minimum absolute atomic E-state index is 0.00204. The Labute approximate surface area is 110 Å². The van der Waals surface area contributed by atoms with Crippen molar-refractivity contribution in [1.82, 2.24) is 10.2 Å². The van der Waals surface area contributed by atoms with Gasteiger partial charge in [0.15, 0.2) is 11.6 Å². The van der Waals surface area contributed by atoms with Gasteiger partial charge in [0.2, 0.25) is 5.91 Å². The third-order valence-electron chi connectivity index (χ3n) is 4.10. The van der Waals surface area contributed by atoms with E-state index in [2.05, 4.69) is 5.32 Å². The van der Waals surface area contributed by atoms with Crippen LogP contribution < -0.4 is 5.32 Å². The molecule has 3 nitrogen and oxygen atoms in total. The molecule has 19 heavy (non-hydrogen) atoms. The van der Waals surface area contributed by atoms with Crippen molar-refractivity contribution in [1.29, 1.82) is 0 Å². The summed E-state index contributed by atoms with van der Waals surface area (Å²) in [5, 5.41) is 3.29. The SMILES string of the molecule is O=C(Cc1ccc(F)c(F)c1)N1CC[C@H]2CNC[C@H]21. The number of nitrogens with one attached hydrogen (secondary N) is 1. The Morgan fingerprint density at radius 2 is 2.16 bits per heavy atom. The molecule has 1 aromatic rings. The minimum atomic E-state index is -0.896. The molecule has 0 unspecified atom stereocenters. The van der Waals surface area contributed by atoms with Gasteiger partial charge in [-0.15, -0.1) is 0 Å². The summed E-state index contributed by atoms with van der Waals surface area (Å²) >= 11 is 0. The second-order valence-electron chi connectivity index (χ2n) is 5.29. The average Bonchev–Trinajstić information content (AvgIpc) is 2.95. The van der Waals surface area contributed by atoms with Gasteiger partial charge >= 0.3 is 0 Å². The van der Waals surface area contributed by atoms with Crippen LogP contribution in [0.5, 0.6) is 0 Å². The Morgan fingerprint density at radius 1 is 1.32 bits per heavy atom. The topological polar surface area (TPSA) is 32.3 Å². The lowest BCUT2D eigenvalue weighted by molar-refractivity contribution is -0.131. The van der Waals surface area contributed by atoms with Crippen LogP contribution in [-0.2, 0) is 11.2 Å². The Hall–Kier alpha value is -1.49. The Balaban J connectivity index is 1.69. The Bertz CT molecular complexity index is 506. The van der Waals surface area contributed by atoms with Crippen LogP contribution in [0.15, 0.2) is 18.2 Å². The first-order valence-electron chi connectivity index (χ1n) is 6.59. The third-order valence-corrected chi connectivity index (χ3v) is 4.10. The van der Waals surface area contributed by atoms with E-state index in [4.69, 9.17) is 0 Å². The van der Waals surface area contributed by atoms with Gasteiger partial charge in [0.05, 0.1) is 6.42 Å². The van der Waals surface area contributed by atoms with E-state index < -0.39 is 11.6 Å². The molecule has 0 bridgehead atoms. The van der Waals surface area contributed by atoms with Crippen molar-refractivity contribution >= 4 is 5.91 Å². The molecule has 1 N–H and O–H groups in total. The van der Waals surface area contributed by atoms with Gasteiger partial charge in [-0.3, -0.25) is 4.79 Å². The molecule has 102 valence electrons. The summed E-state index contributed by atoms with van der Waals surface area (Å²) in [7, 11) is 0. The van der Waals surface area contributed by atoms with Crippen LogP contribution in [0.1, 0.15) is 12.0 Å². The molecule has 1 amide bonds. The quantitative estimate of drug-likeness (QED) is 0.876. The van der Waals surface area contributed by atoms with E-state index in [0.29, 0.717) is 11.5 Å². The number of hydrogen-bond donors (Lipinski definition) is 1. The number of likely N-dealkylation sites (tertiary alicyclic amines) is 1. The van der Waals surface area contributed by atoms with Gasteiger partial charge in [-0.05, 0) is 30.0 Å². The van der Waals surface area contributed by atoms with Gasteiger partial charge in [0.25, 0.3) is 0 Å². The van der Waals surface area contributed by atoms with Crippen molar-refractivity contribution in [3.63, 3.8) is 0 Å². The van der Waals surface area contributed by atoms with E-state index in [-0.39, 0.29) is 18.4 Å². The largest absolute Gasteiger partial charge is 0.338 e. The molecule has 0 radical (unpaired) electrons. The molecule has 1 aromatic carbocycles. The summed E-state index contributed by atoms with van der Waals surface area (Å²) in [5.41, 5.74) is 0.526. The highest BCUT2D eigenvalue weighted by Gasteiger charge is 2.39. The number of amides is 1. The Kier molecular flexibility index (Phi) is 3.22. The van der Waals surface area contributed by atoms with Crippen LogP contribution in [0.4, 0.5) is 8.78 Å². The summed E-state index contributed by atoms with van der Waals surface area (Å²) in [6.45, 7) is 2.59. The zero-order valence-corrected chi connectivity index (χ0v) is 10.5. The first-order valence-corrected chi connectivity index (χ1v) is 6.59. The number of carbonyl (C=O) groups excluding carboxylic acids is 1. The number of nitrogens with zero attached hydrogens (tertiary/aromatic N) is 1. The van der Waals surface area contributed by atoms with Crippen LogP contribution in [0.2, 0.25) is 0 Å². The van der Waals surface area contributed by atoms with Gasteiger partial charge < -0.3 is 10.2 Å². The van der Waals surface area contributed by atoms with Crippen molar-refractivity contribution in [2.45, 2.75) is 18.9 Å². The predicted molar refractivity (Wildman–Crippen MR) is 66.5 cm³/mol. The molecule has 2 saturated heterocycles. The first kappa shape index (κ1) is 12.5. The minimum Gasteiger partial charge on any atom is -0.338 e. The second-order valence-corrected chi connectivity index (χ2v) is 5.29. The van der Waals surface area contributed by atoms with Gasteiger partial charge in [0.1, 0.15) is 0 Å². The molecule has 2 aliphatic rings. The molecule has 2 atom stereocenters. The van der Waals surface area contributed by atoms with Crippen LogP contribution in [0.25, 0.3) is 0 Å². The third kappa shape index (κ3) is 2.34. The maximum absolute atomic E-state index is 13.1. The molecular formula is C14H16F2N2O. The molecule has 0 spiro atoms. The standard InChI is InChI=1S/C14H16F2N2O/c15-11-2-1-9(5-12(11)16)6-14(19)18-4-3-10-7-17-8-13(10)18/h1-2,5,10,13,17H,3-4,6-8H2/t10-,13+/m0/s1. The van der Waals surface area contributed by atoms with Crippen LogP contribution in [0, 0.1) is 17.6 Å². The summed E-state index contributed by atoms with van der Waals surface area (Å²) in [4.78, 5) is 14.1. The van der Waals surface area contributed by atoms with Gasteiger partial charge in [-0.1, -0.05) is 6.07 Å². The normalized spacial score (nSPS) is 25.7. The maximum atomic E-state index is 13.1. The lowest BCUT2D eigenvalue weighted by Crippen LogP contribution is -2.39. The summed E-state index contributed by atoms with van der Waals surface area (Å²) in [6, 6.07) is 3.92. The highest BCUT2D eigenvalue weighted by Crippen LogP contribution is 2.27. The fourth-order valence-corrected chi connectivity index (χ4v) is 3.08. The fraction of sp³-hybridized carbons (Fsp3) is 0.500. The van der Waals surface area contributed by atoms with Crippen molar-refractivity contribution < 1.29 is 13.6 Å². The van der Waals surface area contributed by atoms with E-state index in [1.54, 1.807) is 0 Å². The molecule has 2 aliphatic heterocycles. The van der Waals surface area contributed by atoms with E-state index in [9.17, 15) is 13.6 Å². The molecule has 2 fully saturated rings. The highest BCUT2D eigenvalue weighted by atomic mass is 19.2. The van der Waals surface area contributed by atoms with E-state index in [1.807, 2.05) is 4.90 Å². The highest BCUT2D eigenvalue weighted by molar-refractivity contribution is 5.79. The van der Waals surface area contributed by atoms with Gasteiger partial charge in [-0.2, -0.15) is 0 Å². The molecule has 0 aromatic heterocycles. The number of carbonyl (C=O) groups is 1. The second kappa shape index (κ2) is 4.89. The monoisotopic (exact) mass is 266 g/mol. The van der Waals surface area contributed by atoms with Crippen molar-refractivity contribution in [2.24, 2.45) is 5.92 Å². The zero-order chi connectivity index (χ0) is 13.4. The van der Waals surface area contributed by atoms with E-state index >= 15 is 0 Å². The van der Waals surface area contributed by atoms with Crippen LogP contribution in [0.3, 0.4) is 0 Å². The van der Waals surface area contributed by atoms with E-state index in [0.717, 1.165) is 38.2 Å². The molecule has 0 saturated carbocycles. The molecule has 5 heteroatoms. The van der Waals surface area contributed by atoms with Crippen LogP contribution in [-0.4, -0.2) is 36.5 Å². The predicted octanol–water partition coefficient (Wildman–Crippen LogP) is 1.33. The average molecular weight is 266 g/mol. The van der Waals surface area contributed by atoms with Crippen molar-refractivity contribution in [2.75, 3.05) is 19.6 Å². The summed E-state index contributed by atoms with van der Waals surface area (Å²) in [6.07, 6.45) is 1.17. The van der Waals surface area contributed by atoms with Crippen molar-refractivity contribution in [3.05, 3.63) is 35.4 Å². The number of hydrogen-bond acceptors (Lipinski definition) is 2. The number of benzene rings is 1. The fourth-order valence-electron chi connectivity index (χ4n) is 3.08. The van der Waals surface area contributed by atoms with Gasteiger partial charge in [-0.25, -0.2) is 8.78 Å². The Morgan fingerprint density at radius 3 is 2.95 bits per heavy atom. The lowest BCUT2D eigenvalue weighted by atomic mass is 10.0. The first-order chi connectivity index (χ1) is 9.15. The number of rotatable bonds is 2. The zero-order valence-electron chi connectivity index (χ0n) is 10.5. The van der Waals surface area contributed by atoms with Gasteiger partial charge in [0, 0.05) is 25.7 Å². The molecule has 3 rings (SSSR count). The smallest absolute Gasteiger partial charge is 0.227 e. The summed E-state index contributed by atoms with van der Waals surface area (Å²) in [5.74, 6) is -1.22. The summed E-state index contributed by atoms with van der Waals surface area (Å²) < 4.78 is 25.9. The number of fused-ring (bicyclic) bond motifs is 1. The molecule has 0 aliphatic carbocycles. The lowest BCUT2D eigenvalue weighted by Gasteiger charge is -2.23. The maximum Gasteiger partial charge on any atom is 0.227 e.